The van der Waals surface area contributed by atoms with Crippen molar-refractivity contribution >= 4 is 17.9 Å². The molecule has 1 amide bonds. The van der Waals surface area contributed by atoms with Gasteiger partial charge in [0.1, 0.15) is 18.8 Å². The van der Waals surface area contributed by atoms with E-state index in [0.29, 0.717) is 31.5 Å². The molecule has 0 aromatic heterocycles. The van der Waals surface area contributed by atoms with Crippen molar-refractivity contribution in [3.05, 3.63) is 65.7 Å². The number of nitrogens with zero attached hydrogens (tertiary/aromatic N) is 3. The van der Waals surface area contributed by atoms with Crippen LogP contribution in [0, 0.1) is 11.3 Å². The zero-order chi connectivity index (χ0) is 22.3. The summed E-state index contributed by atoms with van der Waals surface area (Å²) in [6, 6.07) is 18.4. The van der Waals surface area contributed by atoms with Crippen molar-refractivity contribution in [3.8, 4) is 6.07 Å². The number of likely N-dealkylation sites (tertiary alicyclic amines) is 1. The minimum absolute atomic E-state index is 0.171. The molecule has 0 saturated carbocycles. The fourth-order valence-corrected chi connectivity index (χ4v) is 3.93. The summed E-state index contributed by atoms with van der Waals surface area (Å²) in [7, 11) is 0. The average Bonchev–Trinajstić information content (AvgIpc) is 3.19. The minimum atomic E-state index is -0.643. The van der Waals surface area contributed by atoms with Crippen LogP contribution in [0.3, 0.4) is 0 Å². The Bertz CT molecular complexity index is 965. The first-order valence-electron chi connectivity index (χ1n) is 10.7. The van der Waals surface area contributed by atoms with Crippen LogP contribution < -0.4 is 4.90 Å². The summed E-state index contributed by atoms with van der Waals surface area (Å²) in [5, 5.41) is 8.92. The highest BCUT2D eigenvalue weighted by Gasteiger charge is 2.34. The topological polar surface area (TPSA) is 92.1 Å². The molecule has 2 heterocycles. The summed E-state index contributed by atoms with van der Waals surface area (Å²) in [4.78, 5) is 28.0. The van der Waals surface area contributed by atoms with Crippen LogP contribution >= 0.6 is 0 Å². The normalized spacial score (nSPS) is 19.3. The van der Waals surface area contributed by atoms with Crippen LogP contribution in [-0.4, -0.2) is 55.5 Å². The number of hydrogen-bond donors (Lipinski definition) is 0. The molecule has 8 heteroatoms. The van der Waals surface area contributed by atoms with E-state index in [0.717, 1.165) is 24.3 Å². The van der Waals surface area contributed by atoms with Gasteiger partial charge in [0.05, 0.1) is 18.2 Å². The summed E-state index contributed by atoms with van der Waals surface area (Å²) in [6.45, 7) is 2.79. The van der Waals surface area contributed by atoms with E-state index in [1.807, 2.05) is 30.3 Å². The minimum Gasteiger partial charge on any atom is -0.443 e. The number of cyclic esters (lactones) is 1. The number of hydrogen-bond acceptors (Lipinski definition) is 7. The third kappa shape index (κ3) is 5.56. The fourth-order valence-electron chi connectivity index (χ4n) is 3.93. The first-order valence-corrected chi connectivity index (χ1v) is 10.7. The van der Waals surface area contributed by atoms with E-state index in [4.69, 9.17) is 19.5 Å². The van der Waals surface area contributed by atoms with Crippen LogP contribution in [-0.2, 0) is 20.8 Å². The zero-order valence-corrected chi connectivity index (χ0v) is 17.7. The number of amides is 1. The first-order chi connectivity index (χ1) is 15.6. The predicted molar refractivity (Wildman–Crippen MR) is 116 cm³/mol. The molecule has 2 fully saturated rings. The maximum atomic E-state index is 12.3. The Hall–Kier alpha value is -3.57. The third-order valence-corrected chi connectivity index (χ3v) is 5.64. The largest absolute Gasteiger partial charge is 0.508 e. The highest BCUT2D eigenvalue weighted by atomic mass is 16.7. The number of piperidine rings is 1. The van der Waals surface area contributed by atoms with Crippen LogP contribution in [0.2, 0.25) is 0 Å². The van der Waals surface area contributed by atoms with Gasteiger partial charge in [-0.2, -0.15) is 5.26 Å². The van der Waals surface area contributed by atoms with Crippen molar-refractivity contribution in [3.63, 3.8) is 0 Å². The molecule has 0 bridgehead atoms. The first kappa shape index (κ1) is 21.7. The van der Waals surface area contributed by atoms with E-state index in [-0.39, 0.29) is 24.9 Å². The average molecular weight is 435 g/mol. The SMILES string of the molecule is N#Cc1ccc(N2CC(CN3CCC(OC(=O)OCc4ccccc4)CC3)OC2=O)cc1. The smallest absolute Gasteiger partial charge is 0.443 e. The van der Waals surface area contributed by atoms with Gasteiger partial charge in [-0.1, -0.05) is 30.3 Å². The number of carbonyl (C=O) groups excluding carboxylic acids is 2. The monoisotopic (exact) mass is 435 g/mol. The van der Waals surface area contributed by atoms with Crippen molar-refractivity contribution in [1.29, 1.82) is 5.26 Å². The van der Waals surface area contributed by atoms with Crippen molar-refractivity contribution in [1.82, 2.24) is 4.90 Å². The van der Waals surface area contributed by atoms with E-state index < -0.39 is 6.16 Å². The van der Waals surface area contributed by atoms with Crippen LogP contribution in [0.1, 0.15) is 24.0 Å². The molecule has 2 aliphatic heterocycles. The Morgan fingerprint density at radius 3 is 2.50 bits per heavy atom. The van der Waals surface area contributed by atoms with Gasteiger partial charge in [0.2, 0.25) is 0 Å². The molecule has 2 aromatic rings. The Morgan fingerprint density at radius 2 is 1.81 bits per heavy atom. The van der Waals surface area contributed by atoms with Crippen LogP contribution in [0.25, 0.3) is 0 Å². The van der Waals surface area contributed by atoms with E-state index in [1.165, 1.54) is 0 Å². The molecule has 1 unspecified atom stereocenters. The number of rotatable bonds is 6. The van der Waals surface area contributed by atoms with E-state index >= 15 is 0 Å². The van der Waals surface area contributed by atoms with Gasteiger partial charge in [-0.15, -0.1) is 0 Å². The maximum absolute atomic E-state index is 12.3. The Labute approximate surface area is 186 Å². The van der Waals surface area contributed by atoms with Crippen LogP contribution in [0.15, 0.2) is 54.6 Å². The Balaban J connectivity index is 1.18. The van der Waals surface area contributed by atoms with E-state index in [9.17, 15) is 9.59 Å². The molecule has 0 aliphatic carbocycles. The lowest BCUT2D eigenvalue weighted by molar-refractivity contribution is -0.00783. The lowest BCUT2D eigenvalue weighted by Crippen LogP contribution is -2.42. The molecular formula is C24H25N3O5. The van der Waals surface area contributed by atoms with Crippen molar-refractivity contribution in [2.24, 2.45) is 0 Å². The highest BCUT2D eigenvalue weighted by Crippen LogP contribution is 2.23. The summed E-state index contributed by atoms with van der Waals surface area (Å²) in [5.74, 6) is 0. The highest BCUT2D eigenvalue weighted by molar-refractivity contribution is 5.89. The zero-order valence-electron chi connectivity index (χ0n) is 17.7. The summed E-state index contributed by atoms with van der Waals surface area (Å²) in [6.07, 6.45) is -0.00244. The van der Waals surface area contributed by atoms with Gasteiger partial charge in [0.15, 0.2) is 0 Å². The molecule has 1 atom stereocenters. The van der Waals surface area contributed by atoms with Crippen LogP contribution in [0.4, 0.5) is 15.3 Å². The molecule has 4 rings (SSSR count). The van der Waals surface area contributed by atoms with Crippen molar-refractivity contribution in [2.45, 2.75) is 31.7 Å². The number of anilines is 1. The van der Waals surface area contributed by atoms with Gasteiger partial charge in [-0.05, 0) is 42.7 Å². The van der Waals surface area contributed by atoms with Crippen molar-refractivity contribution < 1.29 is 23.8 Å². The van der Waals surface area contributed by atoms with Gasteiger partial charge in [-0.3, -0.25) is 9.80 Å². The summed E-state index contributed by atoms with van der Waals surface area (Å²) in [5.41, 5.74) is 2.19. The van der Waals surface area contributed by atoms with E-state index in [1.54, 1.807) is 29.2 Å². The molecule has 2 aromatic carbocycles. The van der Waals surface area contributed by atoms with Crippen LogP contribution in [0.5, 0.6) is 0 Å². The Kier molecular flexibility index (Phi) is 6.87. The molecule has 166 valence electrons. The third-order valence-electron chi connectivity index (χ3n) is 5.64. The molecule has 8 nitrogen and oxygen atoms in total. The number of benzene rings is 2. The van der Waals surface area contributed by atoms with Gasteiger partial charge in [0, 0.05) is 25.3 Å². The molecule has 0 N–H and O–H groups in total. The molecule has 0 spiro atoms. The molecule has 2 saturated heterocycles. The molecular weight excluding hydrogens is 410 g/mol. The summed E-state index contributed by atoms with van der Waals surface area (Å²) < 4.78 is 16.2. The van der Waals surface area contributed by atoms with Gasteiger partial charge in [0.25, 0.3) is 0 Å². The molecule has 0 radical (unpaired) electrons. The number of nitriles is 1. The summed E-state index contributed by atoms with van der Waals surface area (Å²) >= 11 is 0. The lowest BCUT2D eigenvalue weighted by atomic mass is 10.1. The predicted octanol–water partition coefficient (Wildman–Crippen LogP) is 3.70. The molecule has 32 heavy (non-hydrogen) atoms. The maximum Gasteiger partial charge on any atom is 0.508 e. The van der Waals surface area contributed by atoms with Crippen molar-refractivity contribution in [2.75, 3.05) is 31.1 Å². The Morgan fingerprint density at radius 1 is 1.09 bits per heavy atom. The second kappa shape index (κ2) is 10.2. The number of ether oxygens (including phenoxy) is 3. The second-order valence-corrected chi connectivity index (χ2v) is 7.92. The van der Waals surface area contributed by atoms with Gasteiger partial charge >= 0.3 is 12.2 Å². The van der Waals surface area contributed by atoms with E-state index in [2.05, 4.69) is 11.0 Å². The molecule has 2 aliphatic rings. The van der Waals surface area contributed by atoms with Gasteiger partial charge in [-0.25, -0.2) is 9.59 Å². The fraction of sp³-hybridized carbons (Fsp3) is 0.375. The van der Waals surface area contributed by atoms with Gasteiger partial charge < -0.3 is 14.2 Å². The second-order valence-electron chi connectivity index (χ2n) is 7.92. The number of carbonyl (C=O) groups is 2. The lowest BCUT2D eigenvalue weighted by Gasteiger charge is -2.32. The standard InChI is InChI=1S/C24H25N3O5/c25-14-18-6-8-20(9-7-18)27-16-22(31-23(27)28)15-26-12-10-21(11-13-26)32-24(29)30-17-19-4-2-1-3-5-19/h1-9,21-22H,10-13,15-17H2. The quantitative estimate of drug-likeness (QED) is 0.639.